The van der Waals surface area contributed by atoms with Crippen molar-refractivity contribution in [3.05, 3.63) is 0 Å². The van der Waals surface area contributed by atoms with Crippen LogP contribution in [0.3, 0.4) is 0 Å². The first-order valence-corrected chi connectivity index (χ1v) is 5.56. The fourth-order valence-electron chi connectivity index (χ4n) is 1.64. The number of carbonyl (C=O) groups is 3. The van der Waals surface area contributed by atoms with Crippen LogP contribution in [0.1, 0.15) is 25.7 Å². The van der Waals surface area contributed by atoms with E-state index in [9.17, 15) is 14.4 Å². The summed E-state index contributed by atoms with van der Waals surface area (Å²) in [6.07, 6.45) is 1.81. The van der Waals surface area contributed by atoms with Crippen molar-refractivity contribution < 1.29 is 19.5 Å². The molecule has 2 atom stereocenters. The molecular weight excluding hydrogens is 226 g/mol. The molecule has 1 rings (SSSR count). The van der Waals surface area contributed by atoms with Crippen LogP contribution >= 0.6 is 0 Å². The van der Waals surface area contributed by atoms with E-state index in [4.69, 9.17) is 10.8 Å². The van der Waals surface area contributed by atoms with Crippen LogP contribution in [-0.2, 0) is 14.4 Å². The first kappa shape index (κ1) is 13.4. The highest BCUT2D eigenvalue weighted by molar-refractivity contribution is 5.91. The summed E-state index contributed by atoms with van der Waals surface area (Å²) < 4.78 is 0. The SMILES string of the molecule is NC(CC(=O)O)C(=O)NC1CCCCNC1=O. The molecule has 0 aromatic heterocycles. The largest absolute Gasteiger partial charge is 0.481 e. The first-order chi connectivity index (χ1) is 8.00. The van der Waals surface area contributed by atoms with Gasteiger partial charge in [-0.05, 0) is 19.3 Å². The maximum atomic E-state index is 11.5. The van der Waals surface area contributed by atoms with Gasteiger partial charge in [0.15, 0.2) is 0 Å². The van der Waals surface area contributed by atoms with Crippen molar-refractivity contribution in [1.29, 1.82) is 0 Å². The van der Waals surface area contributed by atoms with Crippen molar-refractivity contribution in [2.45, 2.75) is 37.8 Å². The van der Waals surface area contributed by atoms with Crippen LogP contribution in [0.5, 0.6) is 0 Å². The number of carbonyl (C=O) groups excluding carboxylic acids is 2. The molecule has 7 heteroatoms. The molecule has 0 saturated carbocycles. The molecule has 17 heavy (non-hydrogen) atoms. The van der Waals surface area contributed by atoms with E-state index in [1.54, 1.807) is 0 Å². The van der Waals surface area contributed by atoms with E-state index in [1.165, 1.54) is 0 Å². The Hall–Kier alpha value is -1.63. The van der Waals surface area contributed by atoms with Crippen molar-refractivity contribution >= 4 is 17.8 Å². The first-order valence-electron chi connectivity index (χ1n) is 5.56. The number of carboxylic acids is 1. The van der Waals surface area contributed by atoms with Crippen molar-refractivity contribution in [3.8, 4) is 0 Å². The van der Waals surface area contributed by atoms with Gasteiger partial charge in [-0.15, -0.1) is 0 Å². The molecule has 0 bridgehead atoms. The van der Waals surface area contributed by atoms with Gasteiger partial charge in [0.25, 0.3) is 0 Å². The molecule has 1 saturated heterocycles. The molecule has 1 aliphatic heterocycles. The number of amides is 2. The Bertz CT molecular complexity index is 319. The van der Waals surface area contributed by atoms with E-state index < -0.39 is 30.4 Å². The second kappa shape index (κ2) is 6.19. The third kappa shape index (κ3) is 4.39. The lowest BCUT2D eigenvalue weighted by atomic mass is 10.1. The van der Waals surface area contributed by atoms with Gasteiger partial charge in [-0.2, -0.15) is 0 Å². The van der Waals surface area contributed by atoms with Crippen LogP contribution in [0, 0.1) is 0 Å². The minimum Gasteiger partial charge on any atom is -0.481 e. The molecule has 2 unspecified atom stereocenters. The van der Waals surface area contributed by atoms with E-state index in [0.717, 1.165) is 12.8 Å². The quantitative estimate of drug-likeness (QED) is 0.482. The summed E-state index contributed by atoms with van der Waals surface area (Å²) in [6.45, 7) is 0.604. The van der Waals surface area contributed by atoms with E-state index >= 15 is 0 Å². The maximum Gasteiger partial charge on any atom is 0.305 e. The second-order valence-electron chi connectivity index (χ2n) is 4.05. The number of hydrogen-bond donors (Lipinski definition) is 4. The summed E-state index contributed by atoms with van der Waals surface area (Å²) in [4.78, 5) is 33.4. The van der Waals surface area contributed by atoms with Crippen LogP contribution in [0.4, 0.5) is 0 Å². The predicted octanol–water partition coefficient (Wildman–Crippen LogP) is -1.43. The molecule has 0 radical (unpaired) electrons. The molecule has 5 N–H and O–H groups in total. The average molecular weight is 243 g/mol. The Kier molecular flexibility index (Phi) is 4.89. The minimum atomic E-state index is -1.14. The van der Waals surface area contributed by atoms with Gasteiger partial charge in [0, 0.05) is 6.54 Å². The molecule has 0 aromatic rings. The highest BCUT2D eigenvalue weighted by atomic mass is 16.4. The van der Waals surface area contributed by atoms with Gasteiger partial charge in [0.2, 0.25) is 11.8 Å². The highest BCUT2D eigenvalue weighted by Crippen LogP contribution is 2.05. The lowest BCUT2D eigenvalue weighted by Crippen LogP contribution is -2.51. The molecule has 7 nitrogen and oxygen atoms in total. The molecule has 0 spiro atoms. The number of aliphatic carboxylic acids is 1. The van der Waals surface area contributed by atoms with Crippen molar-refractivity contribution in [1.82, 2.24) is 10.6 Å². The van der Waals surface area contributed by atoms with E-state index in [-0.39, 0.29) is 5.91 Å². The fraction of sp³-hybridized carbons (Fsp3) is 0.700. The fourth-order valence-corrected chi connectivity index (χ4v) is 1.64. The minimum absolute atomic E-state index is 0.238. The summed E-state index contributed by atoms with van der Waals surface area (Å²) in [5, 5.41) is 13.6. The van der Waals surface area contributed by atoms with Crippen LogP contribution in [-0.4, -0.2) is 41.5 Å². The summed E-state index contributed by atoms with van der Waals surface area (Å²) in [5.74, 6) is -1.98. The summed E-state index contributed by atoms with van der Waals surface area (Å²) >= 11 is 0. The van der Waals surface area contributed by atoms with Gasteiger partial charge in [-0.3, -0.25) is 14.4 Å². The predicted molar refractivity (Wildman–Crippen MR) is 59.0 cm³/mol. The zero-order valence-corrected chi connectivity index (χ0v) is 9.44. The molecule has 0 aliphatic carbocycles. The third-order valence-electron chi connectivity index (χ3n) is 2.58. The van der Waals surface area contributed by atoms with Crippen LogP contribution in [0.2, 0.25) is 0 Å². The van der Waals surface area contributed by atoms with Gasteiger partial charge in [0.05, 0.1) is 12.5 Å². The van der Waals surface area contributed by atoms with E-state index in [0.29, 0.717) is 13.0 Å². The number of carboxylic acid groups (broad SMARTS) is 1. The van der Waals surface area contributed by atoms with Crippen LogP contribution < -0.4 is 16.4 Å². The summed E-state index contributed by atoms with van der Waals surface area (Å²) in [5.41, 5.74) is 5.40. The molecule has 2 amide bonds. The Morgan fingerprint density at radius 1 is 1.53 bits per heavy atom. The van der Waals surface area contributed by atoms with Crippen LogP contribution in [0.15, 0.2) is 0 Å². The Morgan fingerprint density at radius 2 is 2.24 bits per heavy atom. The standard InChI is InChI=1S/C10H17N3O4/c11-6(5-8(14)15)9(16)13-7-3-1-2-4-12-10(7)17/h6-7H,1-5,11H2,(H,12,17)(H,13,16)(H,14,15). The highest BCUT2D eigenvalue weighted by Gasteiger charge is 2.25. The Labute approximate surface area is 98.7 Å². The molecule has 1 aliphatic rings. The number of nitrogens with one attached hydrogen (secondary N) is 2. The lowest BCUT2D eigenvalue weighted by molar-refractivity contribution is -0.139. The van der Waals surface area contributed by atoms with Gasteiger partial charge in [-0.25, -0.2) is 0 Å². The van der Waals surface area contributed by atoms with Gasteiger partial charge in [0.1, 0.15) is 6.04 Å². The van der Waals surface area contributed by atoms with E-state index in [2.05, 4.69) is 10.6 Å². The number of hydrogen-bond acceptors (Lipinski definition) is 4. The number of rotatable bonds is 4. The Balaban J connectivity index is 2.48. The van der Waals surface area contributed by atoms with Gasteiger partial charge >= 0.3 is 5.97 Å². The van der Waals surface area contributed by atoms with Crippen molar-refractivity contribution in [2.75, 3.05) is 6.54 Å². The normalized spacial score (nSPS) is 22.2. The monoisotopic (exact) mass is 243 g/mol. The lowest BCUT2D eigenvalue weighted by Gasteiger charge is -2.17. The second-order valence-corrected chi connectivity index (χ2v) is 4.05. The number of nitrogens with two attached hydrogens (primary N) is 1. The molecule has 96 valence electrons. The maximum absolute atomic E-state index is 11.5. The van der Waals surface area contributed by atoms with Gasteiger partial charge in [-0.1, -0.05) is 0 Å². The zero-order valence-electron chi connectivity index (χ0n) is 9.44. The molecule has 0 aromatic carbocycles. The molecular formula is C10H17N3O4. The topological polar surface area (TPSA) is 122 Å². The van der Waals surface area contributed by atoms with Crippen LogP contribution in [0.25, 0.3) is 0 Å². The Morgan fingerprint density at radius 3 is 2.88 bits per heavy atom. The molecule has 1 fully saturated rings. The summed E-state index contributed by atoms with van der Waals surface area (Å²) in [7, 11) is 0. The molecule has 1 heterocycles. The van der Waals surface area contributed by atoms with E-state index in [1.807, 2.05) is 0 Å². The zero-order chi connectivity index (χ0) is 12.8. The van der Waals surface area contributed by atoms with Gasteiger partial charge < -0.3 is 21.5 Å². The van der Waals surface area contributed by atoms with Crippen molar-refractivity contribution in [2.24, 2.45) is 5.73 Å². The van der Waals surface area contributed by atoms with Crippen molar-refractivity contribution in [3.63, 3.8) is 0 Å². The third-order valence-corrected chi connectivity index (χ3v) is 2.58. The smallest absolute Gasteiger partial charge is 0.305 e. The summed E-state index contributed by atoms with van der Waals surface area (Å²) in [6, 6.07) is -1.73. The average Bonchev–Trinajstić information content (AvgIpc) is 2.43.